The van der Waals surface area contributed by atoms with E-state index in [-0.39, 0.29) is 0 Å². The predicted molar refractivity (Wildman–Crippen MR) is 78.4 cm³/mol. The van der Waals surface area contributed by atoms with Crippen LogP contribution in [0.5, 0.6) is 0 Å². The van der Waals surface area contributed by atoms with Crippen molar-refractivity contribution < 1.29 is 4.79 Å². The molecule has 1 fully saturated rings. The Hall–Kier alpha value is -0.340. The Morgan fingerprint density at radius 3 is 2.61 bits per heavy atom. The lowest BCUT2D eigenvalue weighted by Crippen LogP contribution is -2.23. The molecule has 0 aliphatic heterocycles. The third-order valence-corrected chi connectivity index (χ3v) is 5.21. The monoisotopic (exact) mass is 284 g/mol. The highest BCUT2D eigenvalue weighted by Crippen LogP contribution is 2.33. The van der Waals surface area contributed by atoms with Gasteiger partial charge in [-0.15, -0.1) is 11.3 Å². The fraction of sp³-hybridized carbons (Fsp3) is 0.667. The molecule has 0 N–H and O–H groups in total. The van der Waals surface area contributed by atoms with Crippen LogP contribution in [0.15, 0.2) is 12.1 Å². The first-order valence-electron chi connectivity index (χ1n) is 6.96. The van der Waals surface area contributed by atoms with Gasteiger partial charge >= 0.3 is 0 Å². The van der Waals surface area contributed by atoms with Gasteiger partial charge in [-0.05, 0) is 43.7 Å². The molecule has 0 saturated heterocycles. The van der Waals surface area contributed by atoms with E-state index in [1.807, 2.05) is 12.1 Å². The van der Waals surface area contributed by atoms with Gasteiger partial charge in [0, 0.05) is 17.2 Å². The summed E-state index contributed by atoms with van der Waals surface area (Å²) in [6.07, 6.45) is 7.88. The third kappa shape index (κ3) is 3.83. The second kappa shape index (κ2) is 6.72. The van der Waals surface area contributed by atoms with Gasteiger partial charge in [0.2, 0.25) is 0 Å². The number of hydrogen-bond donors (Lipinski definition) is 0. The van der Waals surface area contributed by atoms with Crippen LogP contribution >= 0.6 is 22.9 Å². The van der Waals surface area contributed by atoms with Crippen LogP contribution in [-0.4, -0.2) is 5.78 Å². The summed E-state index contributed by atoms with van der Waals surface area (Å²) in [6.45, 7) is 2.25. The minimum absolute atomic E-state index is 0.305. The van der Waals surface area contributed by atoms with Gasteiger partial charge in [-0.3, -0.25) is 4.79 Å². The molecule has 0 radical (unpaired) electrons. The summed E-state index contributed by atoms with van der Waals surface area (Å²) in [7, 11) is 0. The smallest absolute Gasteiger partial charge is 0.141 e. The van der Waals surface area contributed by atoms with Crippen molar-refractivity contribution in [3.8, 4) is 0 Å². The fourth-order valence-electron chi connectivity index (χ4n) is 2.94. The number of halogens is 1. The summed E-state index contributed by atoms with van der Waals surface area (Å²) in [5.74, 6) is 1.60. The first-order chi connectivity index (χ1) is 8.69. The maximum absolute atomic E-state index is 12.2. The normalized spacial score (nSPS) is 24.1. The van der Waals surface area contributed by atoms with E-state index in [4.69, 9.17) is 11.6 Å². The Labute approximate surface area is 119 Å². The fourth-order valence-corrected chi connectivity index (χ4v) is 4.04. The van der Waals surface area contributed by atoms with Gasteiger partial charge in [-0.2, -0.15) is 0 Å². The highest BCUT2D eigenvalue weighted by Gasteiger charge is 2.25. The quantitative estimate of drug-likeness (QED) is 0.733. The summed E-state index contributed by atoms with van der Waals surface area (Å²) in [5, 5.41) is 0. The number of carbonyl (C=O) groups is 1. The van der Waals surface area contributed by atoms with Gasteiger partial charge in [0.15, 0.2) is 0 Å². The van der Waals surface area contributed by atoms with Crippen LogP contribution in [0.1, 0.15) is 50.3 Å². The van der Waals surface area contributed by atoms with Gasteiger partial charge in [-0.1, -0.05) is 31.4 Å². The van der Waals surface area contributed by atoms with Crippen LogP contribution in [0.25, 0.3) is 0 Å². The van der Waals surface area contributed by atoms with E-state index in [0.29, 0.717) is 18.1 Å². The summed E-state index contributed by atoms with van der Waals surface area (Å²) in [5.41, 5.74) is 0. The maximum Gasteiger partial charge on any atom is 0.141 e. The first kappa shape index (κ1) is 14.1. The van der Waals surface area contributed by atoms with Crippen molar-refractivity contribution in [1.29, 1.82) is 0 Å². The van der Waals surface area contributed by atoms with Crippen LogP contribution in [0, 0.1) is 11.8 Å². The van der Waals surface area contributed by atoms with Gasteiger partial charge in [0.05, 0.1) is 4.34 Å². The van der Waals surface area contributed by atoms with Crippen molar-refractivity contribution in [2.24, 2.45) is 11.8 Å². The Kier molecular flexibility index (Phi) is 5.25. The molecule has 0 aromatic carbocycles. The Morgan fingerprint density at radius 1 is 1.33 bits per heavy atom. The summed E-state index contributed by atoms with van der Waals surface area (Å²) >= 11 is 7.42. The number of hydrogen-bond acceptors (Lipinski definition) is 2. The molecule has 0 bridgehead atoms. The molecule has 1 nitrogen and oxygen atoms in total. The molecule has 2 rings (SSSR count). The van der Waals surface area contributed by atoms with Crippen molar-refractivity contribution in [2.45, 2.75) is 51.9 Å². The van der Waals surface area contributed by atoms with E-state index in [9.17, 15) is 4.79 Å². The number of Topliss-reactive ketones (excluding diaryl/α,β-unsaturated/α-hetero) is 1. The van der Waals surface area contributed by atoms with Crippen LogP contribution in [0.4, 0.5) is 0 Å². The molecule has 100 valence electrons. The SMILES string of the molecule is CCCC1CCC(C(=O)Cc2ccc(Cl)s2)CC1. The van der Waals surface area contributed by atoms with Crippen molar-refractivity contribution in [3.05, 3.63) is 21.3 Å². The predicted octanol–water partition coefficient (Wildman–Crippen LogP) is 5.12. The molecular formula is C15H21ClOS. The molecule has 1 heterocycles. The Bertz CT molecular complexity index is 391. The summed E-state index contributed by atoms with van der Waals surface area (Å²) in [6, 6.07) is 3.86. The van der Waals surface area contributed by atoms with Crippen LogP contribution in [0.2, 0.25) is 4.34 Å². The molecule has 3 heteroatoms. The van der Waals surface area contributed by atoms with Crippen LogP contribution in [-0.2, 0) is 11.2 Å². The van der Waals surface area contributed by atoms with Gasteiger partial charge in [0.25, 0.3) is 0 Å². The molecule has 1 aromatic rings. The average molecular weight is 285 g/mol. The summed E-state index contributed by atoms with van der Waals surface area (Å²) in [4.78, 5) is 13.3. The topological polar surface area (TPSA) is 17.1 Å². The van der Waals surface area contributed by atoms with E-state index in [1.54, 1.807) is 0 Å². The van der Waals surface area contributed by atoms with Crippen molar-refractivity contribution in [2.75, 3.05) is 0 Å². The molecule has 1 aliphatic rings. The standard InChI is InChI=1S/C15H21ClOS/c1-2-3-11-4-6-12(7-5-11)14(17)10-13-8-9-15(16)18-13/h8-9,11-12H,2-7,10H2,1H3. The van der Waals surface area contributed by atoms with Crippen LogP contribution < -0.4 is 0 Å². The third-order valence-electron chi connectivity index (χ3n) is 3.98. The molecule has 0 spiro atoms. The maximum atomic E-state index is 12.2. The summed E-state index contributed by atoms with van der Waals surface area (Å²) < 4.78 is 0.782. The lowest BCUT2D eigenvalue weighted by molar-refractivity contribution is -0.123. The van der Waals surface area contributed by atoms with E-state index in [1.165, 1.54) is 37.0 Å². The molecule has 1 aromatic heterocycles. The molecule has 0 amide bonds. The van der Waals surface area contributed by atoms with Crippen molar-refractivity contribution >= 4 is 28.7 Å². The number of carbonyl (C=O) groups excluding carboxylic acids is 1. The van der Waals surface area contributed by atoms with Gasteiger partial charge in [0.1, 0.15) is 5.78 Å². The largest absolute Gasteiger partial charge is 0.299 e. The van der Waals surface area contributed by atoms with E-state index in [2.05, 4.69) is 6.92 Å². The van der Waals surface area contributed by atoms with E-state index >= 15 is 0 Å². The number of rotatable bonds is 5. The van der Waals surface area contributed by atoms with Gasteiger partial charge in [-0.25, -0.2) is 0 Å². The molecule has 1 saturated carbocycles. The number of ketones is 1. The minimum Gasteiger partial charge on any atom is -0.299 e. The lowest BCUT2D eigenvalue weighted by Gasteiger charge is -2.27. The first-order valence-corrected chi connectivity index (χ1v) is 8.15. The zero-order valence-electron chi connectivity index (χ0n) is 11.0. The zero-order valence-corrected chi connectivity index (χ0v) is 12.5. The number of thiophene rings is 1. The van der Waals surface area contributed by atoms with Crippen LogP contribution in [0.3, 0.4) is 0 Å². The zero-order chi connectivity index (χ0) is 13.0. The van der Waals surface area contributed by atoms with Crippen molar-refractivity contribution in [3.63, 3.8) is 0 Å². The molecular weight excluding hydrogens is 264 g/mol. The molecule has 1 aliphatic carbocycles. The second-order valence-corrected chi connectivity index (χ2v) is 7.15. The van der Waals surface area contributed by atoms with E-state index in [0.717, 1.165) is 28.0 Å². The molecule has 0 unspecified atom stereocenters. The molecule has 18 heavy (non-hydrogen) atoms. The minimum atomic E-state index is 0.305. The van der Waals surface area contributed by atoms with Crippen molar-refractivity contribution in [1.82, 2.24) is 0 Å². The van der Waals surface area contributed by atoms with Gasteiger partial charge < -0.3 is 0 Å². The Balaban J connectivity index is 1.80. The average Bonchev–Trinajstić information content (AvgIpc) is 2.76. The highest BCUT2D eigenvalue weighted by molar-refractivity contribution is 7.16. The highest BCUT2D eigenvalue weighted by atomic mass is 35.5. The lowest BCUT2D eigenvalue weighted by atomic mass is 9.78. The van der Waals surface area contributed by atoms with E-state index < -0.39 is 0 Å². The second-order valence-electron chi connectivity index (χ2n) is 5.36. The molecule has 0 atom stereocenters. The Morgan fingerprint density at radius 2 is 2.06 bits per heavy atom.